The zero-order valence-electron chi connectivity index (χ0n) is 10.4. The molecule has 16 heavy (non-hydrogen) atoms. The van der Waals surface area contributed by atoms with Crippen LogP contribution in [0.2, 0.25) is 19.6 Å². The average Bonchev–Trinajstić information content (AvgIpc) is 2.65. The van der Waals surface area contributed by atoms with Gasteiger partial charge in [0.15, 0.2) is 14.1 Å². The first-order chi connectivity index (χ1) is 7.32. The second kappa shape index (κ2) is 4.42. The summed E-state index contributed by atoms with van der Waals surface area (Å²) in [5.41, 5.74) is -1.12. The zero-order valence-corrected chi connectivity index (χ0v) is 11.4. The van der Waals surface area contributed by atoms with E-state index in [1.807, 2.05) is 33.7 Å². The smallest absolute Gasteiger partial charge is 0.260 e. The van der Waals surface area contributed by atoms with Crippen molar-refractivity contribution in [2.75, 3.05) is 14.1 Å². The number of hydrogen-bond donors (Lipinski definition) is 0. The van der Waals surface area contributed by atoms with Gasteiger partial charge < -0.3 is 8.84 Å². The minimum Gasteiger partial charge on any atom is -0.464 e. The molecule has 0 N–H and O–H groups in total. The van der Waals surface area contributed by atoms with Gasteiger partial charge in [-0.3, -0.25) is 4.90 Å². The van der Waals surface area contributed by atoms with Crippen LogP contribution in [0.25, 0.3) is 0 Å². The summed E-state index contributed by atoms with van der Waals surface area (Å²) in [5, 5.41) is 9.43. The van der Waals surface area contributed by atoms with Crippen LogP contribution < -0.4 is 0 Å². The van der Waals surface area contributed by atoms with E-state index in [4.69, 9.17) is 8.84 Å². The second-order valence-corrected chi connectivity index (χ2v) is 9.27. The van der Waals surface area contributed by atoms with Crippen LogP contribution in [-0.4, -0.2) is 27.3 Å². The van der Waals surface area contributed by atoms with Gasteiger partial charge in [0, 0.05) is 0 Å². The third kappa shape index (κ3) is 2.53. The lowest BCUT2D eigenvalue weighted by Gasteiger charge is -2.36. The Bertz CT molecular complexity index is 376. The number of nitrogens with zero attached hydrogens (tertiary/aromatic N) is 2. The molecule has 0 aliphatic carbocycles. The van der Waals surface area contributed by atoms with Crippen LogP contribution in [0, 0.1) is 11.3 Å². The van der Waals surface area contributed by atoms with Gasteiger partial charge >= 0.3 is 0 Å². The molecule has 1 aromatic rings. The third-order valence-corrected chi connectivity index (χ3v) is 3.00. The van der Waals surface area contributed by atoms with E-state index in [0.29, 0.717) is 5.76 Å². The predicted octanol–water partition coefficient (Wildman–Crippen LogP) is 2.37. The summed E-state index contributed by atoms with van der Waals surface area (Å²) in [6.07, 6.45) is 1.55. The van der Waals surface area contributed by atoms with Crippen molar-refractivity contribution in [1.82, 2.24) is 4.90 Å². The van der Waals surface area contributed by atoms with Crippen molar-refractivity contribution >= 4 is 8.32 Å². The van der Waals surface area contributed by atoms with E-state index in [-0.39, 0.29) is 0 Å². The summed E-state index contributed by atoms with van der Waals surface area (Å²) < 4.78 is 11.3. The van der Waals surface area contributed by atoms with Crippen LogP contribution in [-0.2, 0) is 10.2 Å². The summed E-state index contributed by atoms with van der Waals surface area (Å²) in [4.78, 5) is 1.74. The molecule has 0 aromatic carbocycles. The van der Waals surface area contributed by atoms with Crippen molar-refractivity contribution < 1.29 is 8.84 Å². The number of nitriles is 1. The number of furan rings is 1. The number of hydrogen-bond acceptors (Lipinski definition) is 4. The first kappa shape index (κ1) is 13.0. The van der Waals surface area contributed by atoms with Crippen LogP contribution in [0.15, 0.2) is 22.8 Å². The topological polar surface area (TPSA) is 49.4 Å². The Morgan fingerprint density at radius 3 is 2.38 bits per heavy atom. The van der Waals surface area contributed by atoms with E-state index in [0.717, 1.165) is 0 Å². The molecule has 88 valence electrons. The maximum absolute atomic E-state index is 9.43. The SMILES string of the molecule is CN(C)C(C#N)(O[Si](C)(C)C)c1ccco1. The van der Waals surface area contributed by atoms with Gasteiger partial charge in [0.1, 0.15) is 6.07 Å². The van der Waals surface area contributed by atoms with Gasteiger partial charge in [0.05, 0.1) is 6.26 Å². The minimum atomic E-state index is -1.86. The molecule has 0 amide bonds. The molecule has 1 unspecified atom stereocenters. The molecule has 0 saturated heterocycles. The highest BCUT2D eigenvalue weighted by Crippen LogP contribution is 2.31. The minimum absolute atomic E-state index is 0.530. The normalized spacial score (nSPS) is 15.8. The van der Waals surface area contributed by atoms with Gasteiger partial charge in [-0.05, 0) is 45.9 Å². The first-order valence-corrected chi connectivity index (χ1v) is 8.55. The van der Waals surface area contributed by atoms with E-state index in [1.165, 1.54) is 0 Å². The van der Waals surface area contributed by atoms with Crippen molar-refractivity contribution in [3.05, 3.63) is 24.2 Å². The lowest BCUT2D eigenvalue weighted by Crippen LogP contribution is -2.48. The molecule has 0 aliphatic heterocycles. The summed E-state index contributed by atoms with van der Waals surface area (Å²) in [6.45, 7) is 6.14. The van der Waals surface area contributed by atoms with Gasteiger partial charge in [0.25, 0.3) is 5.72 Å². The molecule has 4 nitrogen and oxygen atoms in total. The maximum atomic E-state index is 9.43. The molecule has 0 bridgehead atoms. The van der Waals surface area contributed by atoms with Crippen LogP contribution in [0.1, 0.15) is 5.76 Å². The highest BCUT2D eigenvalue weighted by molar-refractivity contribution is 6.69. The van der Waals surface area contributed by atoms with Gasteiger partial charge in [-0.15, -0.1) is 0 Å². The predicted molar refractivity (Wildman–Crippen MR) is 64.1 cm³/mol. The molecule has 1 rings (SSSR count). The highest BCUT2D eigenvalue weighted by atomic mass is 28.4. The third-order valence-electron chi connectivity index (χ3n) is 2.09. The fourth-order valence-electron chi connectivity index (χ4n) is 1.45. The fraction of sp³-hybridized carbons (Fsp3) is 0.545. The number of rotatable bonds is 4. The Hall–Kier alpha value is -1.09. The van der Waals surface area contributed by atoms with Crippen LogP contribution >= 0.6 is 0 Å². The molecule has 0 radical (unpaired) electrons. The summed E-state index contributed by atoms with van der Waals surface area (Å²) in [6, 6.07) is 5.75. The average molecular weight is 238 g/mol. The second-order valence-electron chi connectivity index (χ2n) is 4.84. The molecule has 0 spiro atoms. The lowest BCUT2D eigenvalue weighted by molar-refractivity contribution is -0.0355. The van der Waals surface area contributed by atoms with E-state index in [9.17, 15) is 5.26 Å². The zero-order chi connectivity index (χ0) is 12.4. The van der Waals surface area contributed by atoms with E-state index >= 15 is 0 Å². The van der Waals surface area contributed by atoms with E-state index in [1.54, 1.807) is 23.3 Å². The van der Waals surface area contributed by atoms with Crippen molar-refractivity contribution in [1.29, 1.82) is 5.26 Å². The summed E-state index contributed by atoms with van der Waals surface area (Å²) >= 11 is 0. The summed E-state index contributed by atoms with van der Waals surface area (Å²) in [7, 11) is 1.77. The van der Waals surface area contributed by atoms with Gasteiger partial charge in [-0.2, -0.15) is 5.26 Å². The Labute approximate surface area is 97.6 Å². The van der Waals surface area contributed by atoms with E-state index < -0.39 is 14.0 Å². The molecule has 1 atom stereocenters. The monoisotopic (exact) mass is 238 g/mol. The van der Waals surface area contributed by atoms with Crippen molar-refractivity contribution in [3.8, 4) is 6.07 Å². The van der Waals surface area contributed by atoms with Crippen LogP contribution in [0.5, 0.6) is 0 Å². The Morgan fingerprint density at radius 1 is 1.44 bits per heavy atom. The quantitative estimate of drug-likeness (QED) is 0.597. The fourth-order valence-corrected chi connectivity index (χ4v) is 2.67. The van der Waals surface area contributed by atoms with Crippen molar-refractivity contribution in [2.45, 2.75) is 25.4 Å². The van der Waals surface area contributed by atoms with Gasteiger partial charge in [-0.25, -0.2) is 0 Å². The van der Waals surface area contributed by atoms with Crippen molar-refractivity contribution in [2.24, 2.45) is 0 Å². The molecule has 1 heterocycles. The van der Waals surface area contributed by atoms with Gasteiger partial charge in [0.2, 0.25) is 0 Å². The van der Waals surface area contributed by atoms with E-state index in [2.05, 4.69) is 6.07 Å². The van der Waals surface area contributed by atoms with Crippen LogP contribution in [0.4, 0.5) is 0 Å². The highest BCUT2D eigenvalue weighted by Gasteiger charge is 2.43. The molecule has 5 heteroatoms. The summed E-state index contributed by atoms with van der Waals surface area (Å²) in [5.74, 6) is 0.530. The molecule has 0 fully saturated rings. The Kier molecular flexibility index (Phi) is 3.58. The molecular formula is C11H18N2O2Si. The lowest BCUT2D eigenvalue weighted by atomic mass is 10.1. The van der Waals surface area contributed by atoms with Crippen molar-refractivity contribution in [3.63, 3.8) is 0 Å². The van der Waals surface area contributed by atoms with Gasteiger partial charge in [-0.1, -0.05) is 0 Å². The molecular weight excluding hydrogens is 220 g/mol. The molecule has 0 aliphatic rings. The molecule has 1 aromatic heterocycles. The standard InChI is InChI=1S/C11H18N2O2Si/c1-13(2)11(9-12,15-16(3,4)5)10-7-6-8-14-10/h6-8H,1-5H3. The maximum Gasteiger partial charge on any atom is 0.260 e. The Balaban J connectivity index is 3.18. The Morgan fingerprint density at radius 2 is 2.06 bits per heavy atom. The van der Waals surface area contributed by atoms with Crippen LogP contribution in [0.3, 0.4) is 0 Å². The first-order valence-electron chi connectivity index (χ1n) is 5.15. The largest absolute Gasteiger partial charge is 0.464 e. The molecule has 0 saturated carbocycles.